The van der Waals surface area contributed by atoms with Crippen LogP contribution in [0.25, 0.3) is 0 Å². The molecule has 0 amide bonds. The van der Waals surface area contributed by atoms with Gasteiger partial charge in [0.2, 0.25) is 0 Å². The summed E-state index contributed by atoms with van der Waals surface area (Å²) in [5.41, 5.74) is 0.959. The molecule has 2 aromatic rings. The van der Waals surface area contributed by atoms with Crippen molar-refractivity contribution in [1.29, 1.82) is 0 Å². The van der Waals surface area contributed by atoms with Crippen LogP contribution in [0.2, 0.25) is 0 Å². The molecule has 4 nitrogen and oxygen atoms in total. The number of halogens is 1. The standard InChI is InChI=1S/C10H12BrN3OS/c1-7-3-8(13-15-7)5-14(2)6-10-9(11)4-12-16-10/h3-4H,5-6H2,1-2H3. The number of hydrogen-bond acceptors (Lipinski definition) is 5. The highest BCUT2D eigenvalue weighted by Crippen LogP contribution is 2.21. The fourth-order valence-corrected chi connectivity index (χ4v) is 2.71. The Kier molecular flexibility index (Phi) is 3.73. The van der Waals surface area contributed by atoms with Crippen LogP contribution in [0.5, 0.6) is 0 Å². The van der Waals surface area contributed by atoms with E-state index in [2.05, 4.69) is 37.4 Å². The van der Waals surface area contributed by atoms with Crippen LogP contribution in [0, 0.1) is 6.92 Å². The van der Waals surface area contributed by atoms with Crippen molar-refractivity contribution in [3.63, 3.8) is 0 Å². The Morgan fingerprint density at radius 2 is 2.31 bits per heavy atom. The molecule has 6 heteroatoms. The van der Waals surface area contributed by atoms with Crippen LogP contribution in [-0.4, -0.2) is 21.5 Å². The zero-order valence-corrected chi connectivity index (χ0v) is 11.5. The van der Waals surface area contributed by atoms with E-state index in [1.165, 1.54) is 16.4 Å². The van der Waals surface area contributed by atoms with Crippen LogP contribution in [0.15, 0.2) is 21.3 Å². The molecule has 2 rings (SSSR count). The Hall–Kier alpha value is -0.720. The van der Waals surface area contributed by atoms with Gasteiger partial charge in [0, 0.05) is 19.2 Å². The van der Waals surface area contributed by atoms with Crippen molar-refractivity contribution < 1.29 is 4.52 Å². The lowest BCUT2D eigenvalue weighted by atomic mass is 10.3. The van der Waals surface area contributed by atoms with Gasteiger partial charge in [-0.15, -0.1) is 0 Å². The van der Waals surface area contributed by atoms with Crippen molar-refractivity contribution in [3.05, 3.63) is 33.1 Å². The van der Waals surface area contributed by atoms with E-state index in [-0.39, 0.29) is 0 Å². The second-order valence-electron chi connectivity index (χ2n) is 3.70. The summed E-state index contributed by atoms with van der Waals surface area (Å²) < 4.78 is 10.2. The van der Waals surface area contributed by atoms with E-state index in [9.17, 15) is 0 Å². The highest BCUT2D eigenvalue weighted by molar-refractivity contribution is 9.10. The summed E-state index contributed by atoms with van der Waals surface area (Å²) in [5.74, 6) is 0.849. The molecule has 0 unspecified atom stereocenters. The second-order valence-corrected chi connectivity index (χ2v) is 5.44. The largest absolute Gasteiger partial charge is 0.361 e. The van der Waals surface area contributed by atoms with Crippen LogP contribution >= 0.6 is 27.5 Å². The fraction of sp³-hybridized carbons (Fsp3) is 0.400. The van der Waals surface area contributed by atoms with E-state index < -0.39 is 0 Å². The quantitative estimate of drug-likeness (QED) is 0.871. The molecule has 0 aliphatic heterocycles. The number of aromatic nitrogens is 2. The van der Waals surface area contributed by atoms with E-state index in [0.29, 0.717) is 0 Å². The minimum atomic E-state index is 0.779. The van der Waals surface area contributed by atoms with Crippen LogP contribution in [0.3, 0.4) is 0 Å². The molecule has 16 heavy (non-hydrogen) atoms. The molecule has 0 N–H and O–H groups in total. The van der Waals surface area contributed by atoms with E-state index in [1.807, 2.05) is 19.2 Å². The van der Waals surface area contributed by atoms with Gasteiger partial charge in [0.15, 0.2) is 0 Å². The maximum absolute atomic E-state index is 5.03. The van der Waals surface area contributed by atoms with Gasteiger partial charge >= 0.3 is 0 Å². The molecule has 0 saturated heterocycles. The van der Waals surface area contributed by atoms with E-state index in [1.54, 1.807) is 0 Å². The Morgan fingerprint density at radius 1 is 1.50 bits per heavy atom. The van der Waals surface area contributed by atoms with E-state index >= 15 is 0 Å². The maximum Gasteiger partial charge on any atom is 0.133 e. The van der Waals surface area contributed by atoms with Crippen LogP contribution in [0.4, 0.5) is 0 Å². The van der Waals surface area contributed by atoms with Crippen molar-refractivity contribution in [2.75, 3.05) is 7.05 Å². The van der Waals surface area contributed by atoms with Crippen LogP contribution in [0.1, 0.15) is 16.3 Å². The fourth-order valence-electron chi connectivity index (χ4n) is 1.43. The highest BCUT2D eigenvalue weighted by Gasteiger charge is 2.09. The summed E-state index contributed by atoms with van der Waals surface area (Å²) in [6.07, 6.45) is 1.83. The average Bonchev–Trinajstić information content (AvgIpc) is 2.77. The molecule has 0 bridgehead atoms. The third-order valence-electron chi connectivity index (χ3n) is 2.12. The van der Waals surface area contributed by atoms with Gasteiger partial charge in [-0.2, -0.15) is 4.37 Å². The van der Waals surface area contributed by atoms with Gasteiger partial charge in [-0.25, -0.2) is 0 Å². The zero-order valence-electron chi connectivity index (χ0n) is 9.11. The third kappa shape index (κ3) is 2.90. The smallest absolute Gasteiger partial charge is 0.133 e. The maximum atomic E-state index is 5.03. The molecule has 2 heterocycles. The van der Waals surface area contributed by atoms with Gasteiger partial charge < -0.3 is 4.52 Å². The van der Waals surface area contributed by atoms with Gasteiger partial charge in [-0.05, 0) is 41.4 Å². The molecule has 0 aliphatic rings. The number of aryl methyl sites for hydroxylation is 1. The molecule has 0 spiro atoms. The van der Waals surface area contributed by atoms with Crippen LogP contribution in [-0.2, 0) is 13.1 Å². The monoisotopic (exact) mass is 301 g/mol. The third-order valence-corrected chi connectivity index (χ3v) is 3.84. The number of hydrogen-bond donors (Lipinski definition) is 0. The van der Waals surface area contributed by atoms with Crippen molar-refractivity contribution in [3.8, 4) is 0 Å². The molecule has 0 saturated carbocycles. The highest BCUT2D eigenvalue weighted by atomic mass is 79.9. The summed E-state index contributed by atoms with van der Waals surface area (Å²) in [6, 6.07) is 1.96. The molecule has 86 valence electrons. The normalized spacial score (nSPS) is 11.2. The van der Waals surface area contributed by atoms with Gasteiger partial charge in [-0.1, -0.05) is 5.16 Å². The topological polar surface area (TPSA) is 42.2 Å². The number of rotatable bonds is 4. The van der Waals surface area contributed by atoms with Crippen molar-refractivity contribution in [2.24, 2.45) is 0 Å². The average molecular weight is 302 g/mol. The molecule has 0 aliphatic carbocycles. The minimum Gasteiger partial charge on any atom is -0.361 e. The first-order valence-corrected chi connectivity index (χ1v) is 6.41. The first-order chi connectivity index (χ1) is 7.65. The van der Waals surface area contributed by atoms with Crippen molar-refractivity contribution >= 4 is 27.5 Å². The first kappa shape index (κ1) is 11.8. The Bertz CT molecular complexity index is 468. The predicted molar refractivity (Wildman–Crippen MR) is 66.2 cm³/mol. The Labute approximate surface area is 107 Å². The Morgan fingerprint density at radius 3 is 2.88 bits per heavy atom. The van der Waals surface area contributed by atoms with Crippen molar-refractivity contribution in [1.82, 2.24) is 14.4 Å². The zero-order chi connectivity index (χ0) is 11.5. The predicted octanol–water partition coefficient (Wildman–Crippen LogP) is 2.83. The minimum absolute atomic E-state index is 0.779. The van der Waals surface area contributed by atoms with Gasteiger partial charge in [0.05, 0.1) is 21.2 Å². The lowest BCUT2D eigenvalue weighted by Gasteiger charge is -2.13. The van der Waals surface area contributed by atoms with Crippen LogP contribution < -0.4 is 0 Å². The van der Waals surface area contributed by atoms with Crippen molar-refractivity contribution in [2.45, 2.75) is 20.0 Å². The molecule has 0 aromatic carbocycles. The summed E-state index contributed by atoms with van der Waals surface area (Å²) >= 11 is 4.98. The van der Waals surface area contributed by atoms with Gasteiger partial charge in [0.25, 0.3) is 0 Å². The SMILES string of the molecule is Cc1cc(CN(C)Cc2sncc2Br)no1. The summed E-state index contributed by atoms with van der Waals surface area (Å²) in [6.45, 7) is 3.54. The molecular formula is C10H12BrN3OS. The lowest BCUT2D eigenvalue weighted by Crippen LogP contribution is -2.16. The van der Waals surface area contributed by atoms with E-state index in [4.69, 9.17) is 4.52 Å². The molecule has 2 aromatic heterocycles. The van der Waals surface area contributed by atoms with Gasteiger partial charge in [-0.3, -0.25) is 4.90 Å². The Balaban J connectivity index is 1.94. The molecule has 0 fully saturated rings. The summed E-state index contributed by atoms with van der Waals surface area (Å²) in [7, 11) is 2.05. The lowest BCUT2D eigenvalue weighted by molar-refractivity contribution is 0.304. The van der Waals surface area contributed by atoms with Gasteiger partial charge in [0.1, 0.15) is 5.76 Å². The molecular weight excluding hydrogens is 290 g/mol. The van der Waals surface area contributed by atoms with E-state index in [0.717, 1.165) is 29.0 Å². The second kappa shape index (κ2) is 5.07. The number of nitrogens with zero attached hydrogens (tertiary/aromatic N) is 3. The summed E-state index contributed by atoms with van der Waals surface area (Å²) in [4.78, 5) is 3.40. The molecule has 0 radical (unpaired) electrons. The first-order valence-electron chi connectivity index (χ1n) is 4.85. The summed E-state index contributed by atoms with van der Waals surface area (Å²) in [5, 5.41) is 3.97. The molecule has 0 atom stereocenters.